The van der Waals surface area contributed by atoms with Crippen LogP contribution >= 0.6 is 11.3 Å². The van der Waals surface area contributed by atoms with Crippen LogP contribution in [0.15, 0.2) is 41.1 Å². The molecule has 0 saturated heterocycles. The molecule has 4 nitrogen and oxygen atoms in total. The lowest BCUT2D eigenvalue weighted by Gasteiger charge is -2.30. The highest BCUT2D eigenvalue weighted by Crippen LogP contribution is 2.24. The maximum Gasteiger partial charge on any atom is 0.252 e. The highest BCUT2D eigenvalue weighted by atomic mass is 32.1. The largest absolute Gasteiger partial charge is 0.497 e. The molecule has 1 amide bonds. The van der Waals surface area contributed by atoms with Gasteiger partial charge in [0.15, 0.2) is 0 Å². The van der Waals surface area contributed by atoms with Gasteiger partial charge >= 0.3 is 0 Å². The number of hydrogen-bond donors (Lipinski definition) is 1. The van der Waals surface area contributed by atoms with Gasteiger partial charge < -0.3 is 10.1 Å². The molecule has 0 spiro atoms. The number of methoxy groups -OCH3 is 1. The molecule has 0 aliphatic carbocycles. The normalized spacial score (nSPS) is 12.2. The first-order valence-electron chi connectivity index (χ1n) is 7.88. The molecule has 1 N–H and O–H groups in total. The second-order valence-corrected chi connectivity index (χ2v) is 6.02. The number of rotatable bonds is 8. The first-order valence-corrected chi connectivity index (χ1v) is 8.82. The van der Waals surface area contributed by atoms with Crippen LogP contribution in [-0.2, 0) is 0 Å². The molecule has 2 rings (SSSR count). The zero-order chi connectivity index (χ0) is 16.7. The Bertz CT molecular complexity index is 609. The van der Waals surface area contributed by atoms with Crippen LogP contribution < -0.4 is 10.1 Å². The summed E-state index contributed by atoms with van der Waals surface area (Å²) in [4.78, 5) is 14.6. The molecular weight excluding hydrogens is 308 g/mol. The van der Waals surface area contributed by atoms with E-state index < -0.39 is 0 Å². The van der Waals surface area contributed by atoms with E-state index in [1.54, 1.807) is 7.11 Å². The lowest BCUT2D eigenvalue weighted by atomic mass is 10.0. The van der Waals surface area contributed by atoms with E-state index in [9.17, 15) is 4.79 Å². The van der Waals surface area contributed by atoms with E-state index in [0.29, 0.717) is 6.54 Å². The summed E-state index contributed by atoms with van der Waals surface area (Å²) < 4.78 is 5.33. The third kappa shape index (κ3) is 4.56. The predicted octanol–water partition coefficient (Wildman–Crippen LogP) is 3.57. The van der Waals surface area contributed by atoms with Crippen LogP contribution in [-0.4, -0.2) is 37.6 Å². The van der Waals surface area contributed by atoms with Gasteiger partial charge in [-0.05, 0) is 42.2 Å². The number of nitrogens with zero attached hydrogens (tertiary/aromatic N) is 1. The molecule has 1 aromatic carbocycles. The fraction of sp³-hybridized carbons (Fsp3) is 0.389. The molecule has 0 bridgehead atoms. The molecule has 1 heterocycles. The van der Waals surface area contributed by atoms with E-state index in [1.807, 2.05) is 35.0 Å². The van der Waals surface area contributed by atoms with Crippen molar-refractivity contribution in [1.29, 1.82) is 0 Å². The smallest absolute Gasteiger partial charge is 0.252 e. The summed E-state index contributed by atoms with van der Waals surface area (Å²) in [7, 11) is 1.67. The summed E-state index contributed by atoms with van der Waals surface area (Å²) in [5.74, 6) is 0.815. The number of carbonyl (C=O) groups excluding carboxylic acids is 1. The molecule has 5 heteroatoms. The van der Waals surface area contributed by atoms with Gasteiger partial charge in [0.2, 0.25) is 0 Å². The van der Waals surface area contributed by atoms with Gasteiger partial charge in [-0.2, -0.15) is 11.3 Å². The molecule has 0 radical (unpaired) electrons. The first kappa shape index (κ1) is 17.5. The van der Waals surface area contributed by atoms with Crippen molar-refractivity contribution in [3.8, 4) is 5.75 Å². The van der Waals surface area contributed by atoms with E-state index in [1.165, 1.54) is 11.3 Å². The summed E-state index contributed by atoms with van der Waals surface area (Å²) in [6.45, 7) is 6.69. The zero-order valence-corrected chi connectivity index (χ0v) is 14.7. The Morgan fingerprint density at radius 2 is 2.09 bits per heavy atom. The van der Waals surface area contributed by atoms with Crippen LogP contribution in [0.25, 0.3) is 0 Å². The monoisotopic (exact) mass is 332 g/mol. The SMILES string of the molecule is CCN(CC)[C@@H](CNC(=O)c1ccsc1)c1cccc(OC)c1. The quantitative estimate of drug-likeness (QED) is 0.803. The van der Waals surface area contributed by atoms with Gasteiger partial charge in [0, 0.05) is 17.5 Å². The molecular formula is C18H24N2O2S. The Balaban J connectivity index is 2.15. The number of thiophene rings is 1. The summed E-state index contributed by atoms with van der Waals surface area (Å²) in [5.41, 5.74) is 1.87. The Kier molecular flexibility index (Phi) is 6.62. The maximum absolute atomic E-state index is 12.2. The zero-order valence-electron chi connectivity index (χ0n) is 13.9. The number of hydrogen-bond acceptors (Lipinski definition) is 4. The van der Waals surface area contributed by atoms with Crippen molar-refractivity contribution in [2.45, 2.75) is 19.9 Å². The number of amides is 1. The number of carbonyl (C=O) groups is 1. The minimum atomic E-state index is -0.0219. The Labute approximate surface area is 142 Å². The van der Waals surface area contributed by atoms with Gasteiger partial charge in [-0.3, -0.25) is 9.69 Å². The third-order valence-corrected chi connectivity index (χ3v) is 4.65. The molecule has 0 aliphatic rings. The summed E-state index contributed by atoms with van der Waals surface area (Å²) >= 11 is 1.53. The van der Waals surface area contributed by atoms with Crippen LogP contribution in [0, 0.1) is 0 Å². The van der Waals surface area contributed by atoms with Crippen molar-refractivity contribution < 1.29 is 9.53 Å². The summed E-state index contributed by atoms with van der Waals surface area (Å²) in [6.07, 6.45) is 0. The van der Waals surface area contributed by atoms with Gasteiger partial charge in [0.25, 0.3) is 5.91 Å². The van der Waals surface area contributed by atoms with E-state index in [4.69, 9.17) is 4.74 Å². The molecule has 124 valence electrons. The van der Waals surface area contributed by atoms with Crippen LogP contribution in [0.2, 0.25) is 0 Å². The summed E-state index contributed by atoms with van der Waals surface area (Å²) in [6, 6.07) is 10.0. The average Bonchev–Trinajstić information content (AvgIpc) is 3.13. The predicted molar refractivity (Wildman–Crippen MR) is 95.3 cm³/mol. The van der Waals surface area contributed by atoms with Crippen molar-refractivity contribution in [1.82, 2.24) is 10.2 Å². The van der Waals surface area contributed by atoms with Crippen molar-refractivity contribution in [3.63, 3.8) is 0 Å². The topological polar surface area (TPSA) is 41.6 Å². The fourth-order valence-corrected chi connectivity index (χ4v) is 3.29. The van der Waals surface area contributed by atoms with Gasteiger partial charge in [-0.1, -0.05) is 26.0 Å². The maximum atomic E-state index is 12.2. The van der Waals surface area contributed by atoms with Crippen molar-refractivity contribution in [2.75, 3.05) is 26.7 Å². The average molecular weight is 332 g/mol. The molecule has 0 saturated carbocycles. The highest BCUT2D eigenvalue weighted by Gasteiger charge is 2.19. The molecule has 1 aromatic heterocycles. The van der Waals surface area contributed by atoms with Crippen LogP contribution in [0.4, 0.5) is 0 Å². The molecule has 23 heavy (non-hydrogen) atoms. The summed E-state index contributed by atoms with van der Waals surface area (Å²) in [5, 5.41) is 6.84. The molecule has 0 fully saturated rings. The lowest BCUT2D eigenvalue weighted by Crippen LogP contribution is -2.38. The first-order chi connectivity index (χ1) is 11.2. The second-order valence-electron chi connectivity index (χ2n) is 5.24. The Morgan fingerprint density at radius 1 is 1.30 bits per heavy atom. The van der Waals surface area contributed by atoms with E-state index in [0.717, 1.165) is 30.0 Å². The van der Waals surface area contributed by atoms with Crippen LogP contribution in [0.1, 0.15) is 35.8 Å². The Hall–Kier alpha value is -1.85. The molecule has 0 aliphatic heterocycles. The van der Waals surface area contributed by atoms with Crippen molar-refractivity contribution in [3.05, 3.63) is 52.2 Å². The molecule has 1 atom stereocenters. The minimum absolute atomic E-state index is 0.0219. The number of likely N-dealkylation sites (N-methyl/N-ethyl adjacent to an activating group) is 1. The number of ether oxygens (including phenoxy) is 1. The highest BCUT2D eigenvalue weighted by molar-refractivity contribution is 7.08. The molecule has 2 aromatic rings. The van der Waals surface area contributed by atoms with Gasteiger partial charge in [-0.15, -0.1) is 0 Å². The lowest BCUT2D eigenvalue weighted by molar-refractivity contribution is 0.0935. The van der Waals surface area contributed by atoms with Crippen molar-refractivity contribution in [2.24, 2.45) is 0 Å². The van der Waals surface area contributed by atoms with Gasteiger partial charge in [0.05, 0.1) is 13.2 Å². The standard InChI is InChI=1S/C18H24N2O2S/c1-4-20(5-2)17(14-7-6-8-16(11-14)22-3)12-19-18(21)15-9-10-23-13-15/h6-11,13,17H,4-5,12H2,1-3H3,(H,19,21)/t17-/m0/s1. The van der Waals surface area contributed by atoms with Gasteiger partial charge in [0.1, 0.15) is 5.75 Å². The van der Waals surface area contributed by atoms with E-state index >= 15 is 0 Å². The second kappa shape index (κ2) is 8.70. The van der Waals surface area contributed by atoms with E-state index in [2.05, 4.69) is 30.1 Å². The van der Waals surface area contributed by atoms with E-state index in [-0.39, 0.29) is 11.9 Å². The van der Waals surface area contributed by atoms with Crippen molar-refractivity contribution >= 4 is 17.2 Å². The van der Waals surface area contributed by atoms with Gasteiger partial charge in [-0.25, -0.2) is 0 Å². The number of nitrogens with one attached hydrogen (secondary N) is 1. The fourth-order valence-electron chi connectivity index (χ4n) is 2.66. The molecule has 0 unspecified atom stereocenters. The minimum Gasteiger partial charge on any atom is -0.497 e. The third-order valence-electron chi connectivity index (χ3n) is 3.97. The van der Waals surface area contributed by atoms with Crippen LogP contribution in [0.5, 0.6) is 5.75 Å². The van der Waals surface area contributed by atoms with Crippen LogP contribution in [0.3, 0.4) is 0 Å². The Morgan fingerprint density at radius 3 is 2.70 bits per heavy atom. The number of benzene rings is 1.